The average molecular weight is 454 g/mol. The molecule has 5 rings (SSSR count). The van der Waals surface area contributed by atoms with Crippen molar-refractivity contribution < 1.29 is 14.3 Å². The lowest BCUT2D eigenvalue weighted by Crippen LogP contribution is -2.42. The first-order chi connectivity index (χ1) is 15.6. The molecule has 0 aliphatic carbocycles. The summed E-state index contributed by atoms with van der Waals surface area (Å²) >= 11 is 5.92. The zero-order chi connectivity index (χ0) is 22.1. The number of morpholine rings is 1. The van der Waals surface area contributed by atoms with Gasteiger partial charge in [0.1, 0.15) is 6.04 Å². The molecule has 8 nitrogen and oxygen atoms in total. The van der Waals surface area contributed by atoms with Gasteiger partial charge in [-0.1, -0.05) is 23.7 Å². The summed E-state index contributed by atoms with van der Waals surface area (Å²) in [6.45, 7) is 4.39. The third kappa shape index (κ3) is 4.09. The van der Waals surface area contributed by atoms with Crippen molar-refractivity contribution in [3.05, 3.63) is 53.6 Å². The van der Waals surface area contributed by atoms with Crippen LogP contribution in [-0.4, -0.2) is 65.7 Å². The molecular weight excluding hydrogens is 430 g/mol. The monoisotopic (exact) mass is 453 g/mol. The van der Waals surface area contributed by atoms with Crippen LogP contribution in [0, 0.1) is 0 Å². The molecule has 166 valence electrons. The molecule has 9 heteroatoms. The normalized spacial score (nSPS) is 18.8. The first-order valence-electron chi connectivity index (χ1n) is 10.7. The number of para-hydroxylation sites is 2. The molecule has 0 spiro atoms. The van der Waals surface area contributed by atoms with Crippen LogP contribution in [0.5, 0.6) is 0 Å². The lowest BCUT2D eigenvalue weighted by atomic mass is 10.1. The van der Waals surface area contributed by atoms with Crippen LogP contribution in [-0.2, 0) is 14.3 Å². The number of aromatic nitrogens is 2. The summed E-state index contributed by atoms with van der Waals surface area (Å²) in [5.74, 6) is 0.274. The van der Waals surface area contributed by atoms with Gasteiger partial charge in [0.15, 0.2) is 0 Å². The van der Waals surface area contributed by atoms with Crippen molar-refractivity contribution in [2.24, 2.45) is 0 Å². The summed E-state index contributed by atoms with van der Waals surface area (Å²) in [6.07, 6.45) is 0.0306. The van der Waals surface area contributed by atoms with Crippen molar-refractivity contribution in [3.8, 4) is 0 Å². The van der Waals surface area contributed by atoms with E-state index in [1.54, 1.807) is 29.2 Å². The predicted octanol–water partition coefficient (Wildman–Crippen LogP) is 2.94. The fourth-order valence-electron chi connectivity index (χ4n) is 4.29. The van der Waals surface area contributed by atoms with Gasteiger partial charge < -0.3 is 10.1 Å². The van der Waals surface area contributed by atoms with Crippen molar-refractivity contribution in [2.45, 2.75) is 12.5 Å². The summed E-state index contributed by atoms with van der Waals surface area (Å²) in [5, 5.41) is 3.46. The molecular formula is C23H24ClN5O3. The maximum Gasteiger partial charge on any atom is 0.253 e. The van der Waals surface area contributed by atoms with Crippen LogP contribution in [0.15, 0.2) is 48.5 Å². The number of carbonyl (C=O) groups excluding carboxylic acids is 2. The minimum Gasteiger partial charge on any atom is -0.379 e. The number of hydrogen-bond acceptors (Lipinski definition) is 5. The van der Waals surface area contributed by atoms with Crippen LogP contribution in [0.1, 0.15) is 12.5 Å². The number of fused-ring (bicyclic) bond motifs is 3. The van der Waals surface area contributed by atoms with Crippen LogP contribution in [0.4, 0.5) is 11.6 Å². The van der Waals surface area contributed by atoms with Gasteiger partial charge in [-0.3, -0.25) is 24.0 Å². The van der Waals surface area contributed by atoms with Gasteiger partial charge in [-0.15, -0.1) is 0 Å². The number of imidazole rings is 1. The van der Waals surface area contributed by atoms with Crippen molar-refractivity contribution in [3.63, 3.8) is 0 Å². The summed E-state index contributed by atoms with van der Waals surface area (Å²) in [7, 11) is 0. The van der Waals surface area contributed by atoms with Crippen LogP contribution < -0.4 is 10.2 Å². The molecule has 1 saturated heterocycles. The zero-order valence-corrected chi connectivity index (χ0v) is 18.3. The van der Waals surface area contributed by atoms with Crippen molar-refractivity contribution in [1.29, 1.82) is 0 Å². The van der Waals surface area contributed by atoms with E-state index in [1.165, 1.54) is 0 Å². The third-order valence-corrected chi connectivity index (χ3v) is 6.18. The van der Waals surface area contributed by atoms with Gasteiger partial charge in [-0.05, 0) is 36.4 Å². The molecule has 0 bridgehead atoms. The number of carbonyl (C=O) groups is 2. The average Bonchev–Trinajstić information content (AvgIpc) is 3.29. The lowest BCUT2D eigenvalue weighted by molar-refractivity contribution is -0.124. The number of nitrogens with one attached hydrogen (secondary N) is 1. The van der Waals surface area contributed by atoms with E-state index in [1.807, 2.05) is 28.8 Å². The Morgan fingerprint density at radius 2 is 1.84 bits per heavy atom. The molecule has 1 atom stereocenters. The molecule has 1 aromatic heterocycles. The first kappa shape index (κ1) is 20.9. The van der Waals surface area contributed by atoms with Crippen molar-refractivity contribution in [1.82, 2.24) is 14.5 Å². The fourth-order valence-corrected chi connectivity index (χ4v) is 4.42. The zero-order valence-electron chi connectivity index (χ0n) is 17.5. The number of ether oxygens (including phenoxy) is 1. The molecule has 2 aliphatic rings. The molecule has 1 N–H and O–H groups in total. The maximum atomic E-state index is 13.4. The Morgan fingerprint density at radius 1 is 1.09 bits per heavy atom. The Morgan fingerprint density at radius 3 is 2.62 bits per heavy atom. The molecule has 0 saturated carbocycles. The largest absolute Gasteiger partial charge is 0.379 e. The lowest BCUT2D eigenvalue weighted by Gasteiger charge is -2.28. The molecule has 0 radical (unpaired) electrons. The second kappa shape index (κ2) is 8.90. The second-order valence-electron chi connectivity index (χ2n) is 7.99. The molecule has 32 heavy (non-hydrogen) atoms. The summed E-state index contributed by atoms with van der Waals surface area (Å²) in [4.78, 5) is 34.9. The molecule has 0 unspecified atom stereocenters. The van der Waals surface area contributed by atoms with Gasteiger partial charge in [-0.25, -0.2) is 4.98 Å². The smallest absolute Gasteiger partial charge is 0.253 e. The summed E-state index contributed by atoms with van der Waals surface area (Å²) in [6, 6.07) is 14.0. The molecule has 1 fully saturated rings. The number of halogens is 1. The van der Waals surface area contributed by atoms with Gasteiger partial charge >= 0.3 is 0 Å². The van der Waals surface area contributed by atoms with E-state index in [0.29, 0.717) is 36.4 Å². The maximum absolute atomic E-state index is 13.4. The van der Waals surface area contributed by atoms with Crippen LogP contribution in [0.25, 0.3) is 11.0 Å². The van der Waals surface area contributed by atoms with E-state index < -0.39 is 6.04 Å². The quantitative estimate of drug-likeness (QED) is 0.620. The highest BCUT2D eigenvalue weighted by molar-refractivity contribution is 6.30. The second-order valence-corrected chi connectivity index (χ2v) is 8.43. The Bertz CT molecular complexity index is 1140. The van der Waals surface area contributed by atoms with Gasteiger partial charge in [0.05, 0.1) is 30.7 Å². The Kier molecular flexibility index (Phi) is 5.82. The van der Waals surface area contributed by atoms with E-state index in [-0.39, 0.29) is 18.2 Å². The molecule has 2 aliphatic heterocycles. The van der Waals surface area contributed by atoms with Crippen molar-refractivity contribution in [2.75, 3.05) is 49.6 Å². The third-order valence-electron chi connectivity index (χ3n) is 5.93. The molecule has 3 aromatic rings. The van der Waals surface area contributed by atoms with Gasteiger partial charge in [0.2, 0.25) is 11.9 Å². The SMILES string of the molecule is O=C(C[C@H]1C(=O)N(CCN2CCOCC2)c2nc3ccccc3n21)Nc1ccc(Cl)cc1. The molecule has 3 heterocycles. The van der Waals surface area contributed by atoms with Gasteiger partial charge in [0, 0.05) is 36.9 Å². The minimum absolute atomic E-state index is 0.0306. The highest BCUT2D eigenvalue weighted by atomic mass is 35.5. The van der Waals surface area contributed by atoms with E-state index in [4.69, 9.17) is 21.3 Å². The topological polar surface area (TPSA) is 79.7 Å². The van der Waals surface area contributed by atoms with Gasteiger partial charge in [0.25, 0.3) is 5.91 Å². The Hall–Kier alpha value is -2.94. The Labute approximate surface area is 190 Å². The standard InChI is InChI=1S/C23H24ClN5O3/c24-16-5-7-17(8-6-16)25-21(30)15-20-22(31)28(10-9-27-11-13-32-14-12-27)23-26-18-3-1-2-4-19(18)29(20)23/h1-8,20H,9-15H2,(H,25,30)/t20-/m0/s1. The Balaban J connectivity index is 1.38. The minimum atomic E-state index is -0.630. The van der Waals surface area contributed by atoms with Gasteiger partial charge in [-0.2, -0.15) is 0 Å². The highest BCUT2D eigenvalue weighted by Gasteiger charge is 2.40. The van der Waals surface area contributed by atoms with Crippen molar-refractivity contribution >= 4 is 46.1 Å². The van der Waals surface area contributed by atoms with Crippen LogP contribution >= 0.6 is 11.6 Å². The van der Waals surface area contributed by atoms with E-state index in [2.05, 4.69) is 10.2 Å². The summed E-state index contributed by atoms with van der Waals surface area (Å²) in [5.41, 5.74) is 2.31. The number of amides is 2. The number of hydrogen-bond donors (Lipinski definition) is 1. The van der Waals surface area contributed by atoms with E-state index >= 15 is 0 Å². The predicted molar refractivity (Wildman–Crippen MR) is 123 cm³/mol. The first-order valence-corrected chi connectivity index (χ1v) is 11.1. The molecule has 2 aromatic carbocycles. The van der Waals surface area contributed by atoms with Crippen LogP contribution in [0.2, 0.25) is 5.02 Å². The number of nitrogens with zero attached hydrogens (tertiary/aromatic N) is 4. The number of anilines is 2. The highest BCUT2D eigenvalue weighted by Crippen LogP contribution is 2.36. The number of rotatable bonds is 6. The number of benzene rings is 2. The van der Waals surface area contributed by atoms with E-state index in [9.17, 15) is 9.59 Å². The van der Waals surface area contributed by atoms with E-state index in [0.717, 1.165) is 30.7 Å². The summed E-state index contributed by atoms with van der Waals surface area (Å²) < 4.78 is 7.32. The molecule has 2 amide bonds. The van der Waals surface area contributed by atoms with Crippen LogP contribution in [0.3, 0.4) is 0 Å². The fraction of sp³-hybridized carbons (Fsp3) is 0.348.